The van der Waals surface area contributed by atoms with Gasteiger partial charge in [-0.05, 0) is 93.0 Å². The molecule has 0 saturated heterocycles. The molecule has 10 nitrogen and oxygen atoms in total. The summed E-state index contributed by atoms with van der Waals surface area (Å²) in [5.41, 5.74) is 6.85. The van der Waals surface area contributed by atoms with E-state index in [-0.39, 0.29) is 0 Å². The van der Waals surface area contributed by atoms with Gasteiger partial charge in [0.2, 0.25) is 0 Å². The molecule has 6 heterocycles. The lowest BCUT2D eigenvalue weighted by molar-refractivity contribution is 1.07. The number of nitrogens with zero attached hydrogens (tertiary/aromatic N) is 10. The first kappa shape index (κ1) is 33.6. The van der Waals surface area contributed by atoms with Crippen molar-refractivity contribution in [3.8, 4) is 68.3 Å². The van der Waals surface area contributed by atoms with E-state index in [1.54, 1.807) is 37.2 Å². The van der Waals surface area contributed by atoms with Crippen LogP contribution in [0, 0.1) is 0 Å². The summed E-state index contributed by atoms with van der Waals surface area (Å²) in [6, 6.07) is 44.9. The number of pyridine rings is 4. The fourth-order valence-corrected chi connectivity index (χ4v) is 8.27. The predicted molar refractivity (Wildman–Crippen MR) is 236 cm³/mol. The predicted octanol–water partition coefficient (Wildman–Crippen LogP) is 10.8. The van der Waals surface area contributed by atoms with Crippen LogP contribution in [0.5, 0.6) is 0 Å². The molecule has 0 fully saturated rings. The second kappa shape index (κ2) is 13.6. The Labute approximate surface area is 341 Å². The Balaban J connectivity index is 1.09. The quantitative estimate of drug-likeness (QED) is 0.151. The van der Waals surface area contributed by atoms with E-state index in [0.717, 1.165) is 87.5 Å². The van der Waals surface area contributed by atoms with E-state index in [9.17, 15) is 0 Å². The SMILES string of the molecule is c1cncc(-c2nc(-c3cccc4ncccc34)nc(-c3ccc4ccc5c(-c6nc(-c7cccnc7)nc(-c7cccc8ncccc78)n6)ccc6ccc3c4c65)n2)c1. The van der Waals surface area contributed by atoms with E-state index in [0.29, 0.717) is 34.9 Å². The van der Waals surface area contributed by atoms with Crippen molar-refractivity contribution in [1.29, 1.82) is 0 Å². The summed E-state index contributed by atoms with van der Waals surface area (Å²) in [4.78, 5) is 48.6. The molecule has 0 aliphatic carbocycles. The highest BCUT2D eigenvalue weighted by Gasteiger charge is 2.21. The van der Waals surface area contributed by atoms with Crippen molar-refractivity contribution in [3.63, 3.8) is 0 Å². The average molecular weight is 769 g/mol. The molecule has 6 aromatic heterocycles. The van der Waals surface area contributed by atoms with Gasteiger partial charge in [-0.3, -0.25) is 19.9 Å². The number of fused-ring (bicyclic) bond motifs is 2. The zero-order valence-corrected chi connectivity index (χ0v) is 31.6. The Morgan fingerprint density at radius 2 is 0.683 bits per heavy atom. The number of benzene rings is 6. The van der Waals surface area contributed by atoms with Crippen LogP contribution in [0.25, 0.3) is 122 Å². The Hall–Kier alpha value is -8.50. The summed E-state index contributed by atoms with van der Waals surface area (Å²) < 4.78 is 0. The molecule has 0 aliphatic heterocycles. The highest BCUT2D eigenvalue weighted by Crippen LogP contribution is 2.42. The summed E-state index contributed by atoms with van der Waals surface area (Å²) in [5.74, 6) is 3.31. The topological polar surface area (TPSA) is 129 Å². The van der Waals surface area contributed by atoms with Gasteiger partial charge in [-0.1, -0.05) is 72.8 Å². The van der Waals surface area contributed by atoms with Crippen LogP contribution >= 0.6 is 0 Å². The fraction of sp³-hybridized carbons (Fsp3) is 0. The maximum absolute atomic E-state index is 5.19. The van der Waals surface area contributed by atoms with Crippen LogP contribution in [0.2, 0.25) is 0 Å². The van der Waals surface area contributed by atoms with E-state index in [1.165, 1.54) is 0 Å². The molecule has 0 saturated carbocycles. The molecule has 0 atom stereocenters. The monoisotopic (exact) mass is 768 g/mol. The highest BCUT2D eigenvalue weighted by atomic mass is 15.0. The van der Waals surface area contributed by atoms with Crippen molar-refractivity contribution >= 4 is 54.1 Å². The van der Waals surface area contributed by atoms with Crippen LogP contribution in [0.4, 0.5) is 0 Å². The lowest BCUT2D eigenvalue weighted by atomic mass is 9.89. The third-order valence-corrected chi connectivity index (χ3v) is 11.0. The van der Waals surface area contributed by atoms with Crippen molar-refractivity contribution in [2.45, 2.75) is 0 Å². The summed E-state index contributed by atoms with van der Waals surface area (Å²) in [7, 11) is 0. The summed E-state index contributed by atoms with van der Waals surface area (Å²) in [6.45, 7) is 0. The van der Waals surface area contributed by atoms with Gasteiger partial charge < -0.3 is 0 Å². The second-order valence-electron chi connectivity index (χ2n) is 14.5. The zero-order chi connectivity index (χ0) is 39.6. The third kappa shape index (κ3) is 5.50. The molecule has 12 rings (SSSR count). The minimum absolute atomic E-state index is 0.536. The zero-order valence-electron chi connectivity index (χ0n) is 31.6. The first-order chi connectivity index (χ1) is 29.7. The van der Waals surface area contributed by atoms with E-state index in [4.69, 9.17) is 29.9 Å². The Morgan fingerprint density at radius 3 is 1.12 bits per heavy atom. The average Bonchev–Trinajstić information content (AvgIpc) is 3.33. The summed E-state index contributed by atoms with van der Waals surface area (Å²) in [5, 5.41) is 8.36. The van der Waals surface area contributed by atoms with Gasteiger partial charge >= 0.3 is 0 Å². The van der Waals surface area contributed by atoms with Gasteiger partial charge in [-0.2, -0.15) is 0 Å². The number of hydrogen-bond donors (Lipinski definition) is 0. The van der Waals surface area contributed by atoms with Crippen LogP contribution in [0.1, 0.15) is 0 Å². The largest absolute Gasteiger partial charge is 0.264 e. The molecule has 0 spiro atoms. The molecule has 0 bridgehead atoms. The Kier molecular flexibility index (Phi) is 7.60. The summed E-state index contributed by atoms with van der Waals surface area (Å²) >= 11 is 0. The van der Waals surface area contributed by atoms with E-state index in [1.807, 2.05) is 84.9 Å². The van der Waals surface area contributed by atoms with Crippen LogP contribution in [-0.2, 0) is 0 Å². The minimum atomic E-state index is 0.536. The molecule has 0 radical (unpaired) electrons. The second-order valence-corrected chi connectivity index (χ2v) is 14.5. The van der Waals surface area contributed by atoms with E-state index in [2.05, 4.69) is 68.5 Å². The van der Waals surface area contributed by atoms with Crippen LogP contribution in [0.3, 0.4) is 0 Å². The normalized spacial score (nSPS) is 11.7. The molecule has 10 heteroatoms. The highest BCUT2D eigenvalue weighted by molar-refractivity contribution is 6.27. The lowest BCUT2D eigenvalue weighted by Crippen LogP contribution is -2.02. The molecule has 0 aliphatic rings. The van der Waals surface area contributed by atoms with Crippen molar-refractivity contribution in [3.05, 3.63) is 171 Å². The Morgan fingerprint density at radius 1 is 0.283 bits per heavy atom. The molecular weight excluding hydrogens is 741 g/mol. The fourth-order valence-electron chi connectivity index (χ4n) is 8.27. The molecule has 6 aromatic carbocycles. The van der Waals surface area contributed by atoms with Crippen molar-refractivity contribution < 1.29 is 0 Å². The van der Waals surface area contributed by atoms with Crippen LogP contribution in [0.15, 0.2) is 171 Å². The van der Waals surface area contributed by atoms with Crippen molar-refractivity contribution in [1.82, 2.24) is 49.8 Å². The molecule has 0 N–H and O–H groups in total. The van der Waals surface area contributed by atoms with Crippen LogP contribution < -0.4 is 0 Å². The molecule has 278 valence electrons. The molecule has 12 aromatic rings. The van der Waals surface area contributed by atoms with Gasteiger partial charge in [0, 0.05) is 81.3 Å². The number of rotatable bonds is 6. The van der Waals surface area contributed by atoms with E-state index >= 15 is 0 Å². The van der Waals surface area contributed by atoms with Gasteiger partial charge in [0.15, 0.2) is 34.9 Å². The van der Waals surface area contributed by atoms with Crippen molar-refractivity contribution in [2.75, 3.05) is 0 Å². The number of hydrogen-bond acceptors (Lipinski definition) is 10. The van der Waals surface area contributed by atoms with Gasteiger partial charge in [0.05, 0.1) is 11.0 Å². The molecule has 60 heavy (non-hydrogen) atoms. The smallest absolute Gasteiger partial charge is 0.165 e. The van der Waals surface area contributed by atoms with Crippen molar-refractivity contribution in [2.24, 2.45) is 0 Å². The minimum Gasteiger partial charge on any atom is -0.264 e. The number of aromatic nitrogens is 10. The maximum atomic E-state index is 5.19. The maximum Gasteiger partial charge on any atom is 0.165 e. The van der Waals surface area contributed by atoms with Gasteiger partial charge in [0.1, 0.15) is 0 Å². The molecule has 0 amide bonds. The third-order valence-electron chi connectivity index (χ3n) is 11.0. The first-order valence-electron chi connectivity index (χ1n) is 19.5. The van der Waals surface area contributed by atoms with Gasteiger partial charge in [-0.25, -0.2) is 29.9 Å². The Bertz CT molecular complexity index is 3370. The van der Waals surface area contributed by atoms with Gasteiger partial charge in [-0.15, -0.1) is 0 Å². The molecule has 0 unspecified atom stereocenters. The molecular formula is C50H28N10. The van der Waals surface area contributed by atoms with Crippen LogP contribution in [-0.4, -0.2) is 49.8 Å². The summed E-state index contributed by atoms with van der Waals surface area (Å²) in [6.07, 6.45) is 10.6. The van der Waals surface area contributed by atoms with Gasteiger partial charge in [0.25, 0.3) is 0 Å². The lowest BCUT2D eigenvalue weighted by Gasteiger charge is -2.17. The van der Waals surface area contributed by atoms with E-state index < -0.39 is 0 Å². The first-order valence-corrected chi connectivity index (χ1v) is 19.5. The standard InChI is InChI=1S/C50H28N10/c1-9-37(33-11-5-25-53-41(33)13-1)47-55-45(31-7-3-23-51-27-31)57-49(59-47)39-21-17-29-16-20-36-40(22-18-30-15-19-35(39)43(29)44(30)36)50-58-46(32-8-4-24-52-28-32)56-48(60-50)38-10-2-14-42-34(38)12-6-26-54-42/h1-28H.